The molecule has 0 aromatic carbocycles. The summed E-state index contributed by atoms with van der Waals surface area (Å²) in [5.74, 6) is 0.992. The molecular formula is C22H39N3O5S. The molecule has 0 aromatic rings. The van der Waals surface area contributed by atoms with Crippen molar-refractivity contribution in [3.8, 4) is 0 Å². The van der Waals surface area contributed by atoms with Gasteiger partial charge in [0.05, 0.1) is 23.9 Å². The first kappa shape index (κ1) is 24.3. The fourth-order valence-electron chi connectivity index (χ4n) is 6.20. The van der Waals surface area contributed by atoms with Crippen LogP contribution >= 0.6 is 0 Å². The van der Waals surface area contributed by atoms with Crippen molar-refractivity contribution in [2.75, 3.05) is 27.2 Å². The third-order valence-electron chi connectivity index (χ3n) is 7.70. The number of carbonyl (C=O) groups excluding carboxylic acids is 2. The van der Waals surface area contributed by atoms with Gasteiger partial charge in [-0.2, -0.15) is 0 Å². The summed E-state index contributed by atoms with van der Waals surface area (Å²) in [6, 6.07) is -0.0140. The van der Waals surface area contributed by atoms with E-state index in [-0.39, 0.29) is 35.4 Å². The van der Waals surface area contributed by atoms with E-state index in [1.807, 2.05) is 23.6 Å². The van der Waals surface area contributed by atoms with Gasteiger partial charge in [-0.1, -0.05) is 0 Å². The summed E-state index contributed by atoms with van der Waals surface area (Å²) in [5.41, 5.74) is 0. The minimum Gasteiger partial charge on any atom is -0.450 e. The average Bonchev–Trinajstić information content (AvgIpc) is 2.72. The van der Waals surface area contributed by atoms with Gasteiger partial charge in [0.25, 0.3) is 0 Å². The highest BCUT2D eigenvalue weighted by Crippen LogP contribution is 2.43. The van der Waals surface area contributed by atoms with Crippen LogP contribution in [0.3, 0.4) is 0 Å². The fourth-order valence-corrected chi connectivity index (χ4v) is 7.67. The van der Waals surface area contributed by atoms with Gasteiger partial charge in [-0.15, -0.1) is 0 Å². The Kier molecular flexibility index (Phi) is 7.56. The molecule has 4 atom stereocenters. The van der Waals surface area contributed by atoms with E-state index in [2.05, 4.69) is 0 Å². The molecule has 3 rings (SSSR count). The van der Waals surface area contributed by atoms with E-state index in [1.165, 1.54) is 4.31 Å². The van der Waals surface area contributed by atoms with Gasteiger partial charge in [-0.25, -0.2) is 17.5 Å². The normalized spacial score (nSPS) is 34.4. The summed E-state index contributed by atoms with van der Waals surface area (Å²) >= 11 is 0. The number of rotatable bonds is 4. The van der Waals surface area contributed by atoms with Crippen LogP contribution in [0.15, 0.2) is 0 Å². The standard InChI is InChI=1S/C22H39N3O5S/c1-6-30-22(27)24-14-15(2)25(16(3)26)20-12-9-18(13-21(20)24)17-7-10-19(11-8-17)31(28,29)23(4)5/h15,17-21H,6-14H2,1-5H3/t15-,17?,18?,19?,20?,21?/m0/s1. The molecule has 3 unspecified atom stereocenters. The van der Waals surface area contributed by atoms with Gasteiger partial charge in [0.1, 0.15) is 0 Å². The minimum atomic E-state index is -3.20. The van der Waals surface area contributed by atoms with Gasteiger partial charge in [0.15, 0.2) is 0 Å². The molecule has 2 amide bonds. The molecule has 2 aliphatic carbocycles. The second kappa shape index (κ2) is 9.65. The maximum absolute atomic E-state index is 12.7. The quantitative estimate of drug-likeness (QED) is 0.648. The Morgan fingerprint density at radius 1 is 1.00 bits per heavy atom. The molecule has 0 spiro atoms. The van der Waals surface area contributed by atoms with Gasteiger partial charge in [-0.3, -0.25) is 4.79 Å². The lowest BCUT2D eigenvalue weighted by molar-refractivity contribution is -0.142. The molecule has 8 nitrogen and oxygen atoms in total. The molecular weight excluding hydrogens is 418 g/mol. The molecule has 0 N–H and O–H groups in total. The zero-order valence-corrected chi connectivity index (χ0v) is 20.4. The summed E-state index contributed by atoms with van der Waals surface area (Å²) in [4.78, 5) is 28.9. The summed E-state index contributed by atoms with van der Waals surface area (Å²) in [6.45, 7) is 6.27. The molecule has 1 saturated heterocycles. The van der Waals surface area contributed by atoms with Crippen LogP contribution in [-0.2, 0) is 19.6 Å². The Bertz CT molecular complexity index is 763. The number of nitrogens with zero attached hydrogens (tertiary/aromatic N) is 3. The number of piperazine rings is 1. The largest absolute Gasteiger partial charge is 0.450 e. The van der Waals surface area contributed by atoms with Crippen molar-refractivity contribution in [3.05, 3.63) is 0 Å². The van der Waals surface area contributed by atoms with Crippen molar-refractivity contribution in [3.63, 3.8) is 0 Å². The number of hydrogen-bond donors (Lipinski definition) is 0. The van der Waals surface area contributed by atoms with Gasteiger partial charge in [-0.05, 0) is 70.6 Å². The van der Waals surface area contributed by atoms with E-state index in [0.29, 0.717) is 37.8 Å². The molecule has 2 saturated carbocycles. The maximum Gasteiger partial charge on any atom is 0.410 e. The first-order valence-corrected chi connectivity index (χ1v) is 13.2. The predicted molar refractivity (Wildman–Crippen MR) is 119 cm³/mol. The van der Waals surface area contributed by atoms with Crippen LogP contribution in [-0.4, -0.2) is 85.1 Å². The SMILES string of the molecule is CCOC(=O)N1C[C@H](C)N(C(C)=O)C2CCC(C3CCC(S(=O)(=O)N(C)C)CC3)CC21. The molecule has 1 aliphatic heterocycles. The number of ether oxygens (including phenoxy) is 1. The lowest BCUT2D eigenvalue weighted by Gasteiger charge is -2.54. The zero-order valence-electron chi connectivity index (χ0n) is 19.6. The molecule has 3 aliphatic rings. The van der Waals surface area contributed by atoms with E-state index < -0.39 is 10.0 Å². The van der Waals surface area contributed by atoms with Gasteiger partial charge in [0, 0.05) is 33.6 Å². The third kappa shape index (κ3) is 4.87. The third-order valence-corrected chi connectivity index (χ3v) is 10.0. The van der Waals surface area contributed by atoms with Gasteiger partial charge < -0.3 is 14.5 Å². The van der Waals surface area contributed by atoms with Crippen LogP contribution in [0.4, 0.5) is 4.79 Å². The number of amides is 2. The minimum absolute atomic E-state index is 0.0219. The van der Waals surface area contributed by atoms with E-state index >= 15 is 0 Å². The lowest BCUT2D eigenvalue weighted by atomic mass is 9.69. The van der Waals surface area contributed by atoms with Crippen molar-refractivity contribution >= 4 is 22.0 Å². The Hall–Kier alpha value is -1.35. The summed E-state index contributed by atoms with van der Waals surface area (Å²) in [6.07, 6.45) is 5.69. The monoisotopic (exact) mass is 457 g/mol. The first-order valence-electron chi connectivity index (χ1n) is 11.7. The van der Waals surface area contributed by atoms with Crippen LogP contribution < -0.4 is 0 Å². The smallest absolute Gasteiger partial charge is 0.410 e. The highest BCUT2D eigenvalue weighted by atomic mass is 32.2. The Balaban J connectivity index is 1.72. The van der Waals surface area contributed by atoms with Crippen LogP contribution in [0.25, 0.3) is 0 Å². The van der Waals surface area contributed by atoms with Crippen molar-refractivity contribution in [2.24, 2.45) is 11.8 Å². The Labute approximate surface area is 187 Å². The molecule has 178 valence electrons. The van der Waals surface area contributed by atoms with E-state index in [1.54, 1.807) is 21.0 Å². The zero-order chi connectivity index (χ0) is 22.9. The predicted octanol–water partition coefficient (Wildman–Crippen LogP) is 2.68. The fraction of sp³-hybridized carbons (Fsp3) is 0.909. The molecule has 31 heavy (non-hydrogen) atoms. The van der Waals surface area contributed by atoms with Crippen LogP contribution in [0.2, 0.25) is 0 Å². The second-order valence-corrected chi connectivity index (χ2v) is 12.1. The van der Waals surface area contributed by atoms with Crippen molar-refractivity contribution in [2.45, 2.75) is 89.1 Å². The van der Waals surface area contributed by atoms with E-state index in [0.717, 1.165) is 32.1 Å². The average molecular weight is 458 g/mol. The van der Waals surface area contributed by atoms with Crippen LogP contribution in [0, 0.1) is 11.8 Å². The number of carbonyl (C=O) groups is 2. The first-order chi connectivity index (χ1) is 14.6. The maximum atomic E-state index is 12.7. The summed E-state index contributed by atoms with van der Waals surface area (Å²) in [5, 5.41) is -0.283. The number of fused-ring (bicyclic) bond motifs is 1. The lowest BCUT2D eigenvalue weighted by Crippen LogP contribution is -2.67. The molecule has 1 heterocycles. The van der Waals surface area contributed by atoms with Gasteiger partial charge >= 0.3 is 6.09 Å². The molecule has 9 heteroatoms. The summed E-state index contributed by atoms with van der Waals surface area (Å²) < 4.78 is 31.7. The second-order valence-electron chi connectivity index (χ2n) is 9.70. The highest BCUT2D eigenvalue weighted by Gasteiger charge is 2.48. The molecule has 3 fully saturated rings. The van der Waals surface area contributed by atoms with Crippen molar-refractivity contribution < 1.29 is 22.7 Å². The topological polar surface area (TPSA) is 87.2 Å². The van der Waals surface area contributed by atoms with Crippen molar-refractivity contribution in [1.82, 2.24) is 14.1 Å². The Morgan fingerprint density at radius 2 is 1.61 bits per heavy atom. The van der Waals surface area contributed by atoms with Crippen molar-refractivity contribution in [1.29, 1.82) is 0 Å². The molecule has 0 aromatic heterocycles. The molecule has 0 radical (unpaired) electrons. The number of hydrogen-bond acceptors (Lipinski definition) is 5. The number of sulfonamides is 1. The van der Waals surface area contributed by atoms with E-state index in [4.69, 9.17) is 4.74 Å². The highest BCUT2D eigenvalue weighted by molar-refractivity contribution is 7.89. The summed E-state index contributed by atoms with van der Waals surface area (Å²) in [7, 11) is 0.0146. The van der Waals surface area contributed by atoms with E-state index in [9.17, 15) is 18.0 Å². The van der Waals surface area contributed by atoms with Crippen LogP contribution in [0.5, 0.6) is 0 Å². The Morgan fingerprint density at radius 3 is 2.16 bits per heavy atom. The van der Waals surface area contributed by atoms with Crippen LogP contribution in [0.1, 0.15) is 65.7 Å². The van der Waals surface area contributed by atoms with Gasteiger partial charge in [0.2, 0.25) is 15.9 Å². The molecule has 0 bridgehead atoms.